The molecule has 1 aromatic heterocycles. The van der Waals surface area contributed by atoms with Crippen molar-refractivity contribution >= 4 is 34.5 Å². The second-order valence-corrected chi connectivity index (χ2v) is 6.88. The molecule has 1 heterocycles. The quantitative estimate of drug-likeness (QED) is 0.738. The minimum Gasteiger partial charge on any atom is -0.325 e. The van der Waals surface area contributed by atoms with E-state index in [-0.39, 0.29) is 23.2 Å². The number of hydrogen-bond donors (Lipinski definition) is 1. The summed E-state index contributed by atoms with van der Waals surface area (Å²) in [6.45, 7) is 1.72. The summed E-state index contributed by atoms with van der Waals surface area (Å²) >= 11 is 1.06. The molecule has 27 heavy (non-hydrogen) atoms. The third-order valence-corrected chi connectivity index (χ3v) is 5.00. The van der Waals surface area contributed by atoms with Gasteiger partial charge in [0.1, 0.15) is 6.54 Å². The Balaban J connectivity index is 1.72. The van der Waals surface area contributed by atoms with Gasteiger partial charge in [0, 0.05) is 35.1 Å². The molecule has 0 aliphatic rings. The number of hydrogen-bond acceptors (Lipinski definition) is 4. The average molecular weight is 381 g/mol. The monoisotopic (exact) mass is 381 g/mol. The van der Waals surface area contributed by atoms with E-state index in [9.17, 15) is 14.4 Å². The number of rotatable bonds is 5. The number of aryl methyl sites for hydroxylation is 1. The molecule has 3 rings (SSSR count). The predicted octanol–water partition coefficient (Wildman–Crippen LogP) is 3.13. The van der Waals surface area contributed by atoms with Gasteiger partial charge in [-0.05, 0) is 37.3 Å². The number of benzene rings is 2. The molecule has 6 nitrogen and oxygen atoms in total. The predicted molar refractivity (Wildman–Crippen MR) is 108 cm³/mol. The SMILES string of the molecule is Cc1csc(=O)n1CC(=O)Nc1cccc(C(=O)N(C)c2ccccc2)c1. The van der Waals surface area contributed by atoms with Crippen LogP contribution in [0.2, 0.25) is 0 Å². The molecule has 0 bridgehead atoms. The third-order valence-electron chi connectivity index (χ3n) is 4.12. The normalized spacial score (nSPS) is 10.4. The largest absolute Gasteiger partial charge is 0.325 e. The van der Waals surface area contributed by atoms with Crippen LogP contribution in [0.5, 0.6) is 0 Å². The fourth-order valence-corrected chi connectivity index (χ4v) is 3.37. The van der Waals surface area contributed by atoms with Crippen molar-refractivity contribution in [3.05, 3.63) is 80.9 Å². The number of para-hydroxylation sites is 1. The van der Waals surface area contributed by atoms with Gasteiger partial charge < -0.3 is 10.2 Å². The van der Waals surface area contributed by atoms with E-state index in [2.05, 4.69) is 5.32 Å². The summed E-state index contributed by atoms with van der Waals surface area (Å²) in [6, 6.07) is 16.1. The van der Waals surface area contributed by atoms with Crippen molar-refractivity contribution in [3.8, 4) is 0 Å². The summed E-state index contributed by atoms with van der Waals surface area (Å²) in [4.78, 5) is 38.1. The van der Waals surface area contributed by atoms with Gasteiger partial charge in [0.05, 0.1) is 0 Å². The van der Waals surface area contributed by atoms with Crippen molar-refractivity contribution in [2.24, 2.45) is 0 Å². The van der Waals surface area contributed by atoms with Crippen LogP contribution in [0.1, 0.15) is 16.1 Å². The lowest BCUT2D eigenvalue weighted by Crippen LogP contribution is -2.27. The Kier molecular flexibility index (Phi) is 5.52. The van der Waals surface area contributed by atoms with Gasteiger partial charge in [-0.1, -0.05) is 35.6 Å². The summed E-state index contributed by atoms with van der Waals surface area (Å²) in [5.41, 5.74) is 2.49. The summed E-state index contributed by atoms with van der Waals surface area (Å²) in [7, 11) is 1.70. The second-order valence-electron chi connectivity index (χ2n) is 6.06. The van der Waals surface area contributed by atoms with E-state index in [1.807, 2.05) is 30.3 Å². The molecular formula is C20H19N3O3S. The van der Waals surface area contributed by atoms with Crippen LogP contribution in [0.4, 0.5) is 11.4 Å². The number of anilines is 2. The number of amides is 2. The Hall–Kier alpha value is -3.19. The minimum absolute atomic E-state index is 0.0593. The van der Waals surface area contributed by atoms with E-state index in [0.717, 1.165) is 22.7 Å². The van der Waals surface area contributed by atoms with E-state index in [1.165, 1.54) is 4.57 Å². The molecule has 0 saturated carbocycles. The van der Waals surface area contributed by atoms with E-state index in [0.29, 0.717) is 11.3 Å². The molecule has 0 aliphatic carbocycles. The Morgan fingerprint density at radius 3 is 2.52 bits per heavy atom. The summed E-state index contributed by atoms with van der Waals surface area (Å²) in [5, 5.41) is 4.46. The van der Waals surface area contributed by atoms with Crippen LogP contribution in [0, 0.1) is 6.92 Å². The maximum absolute atomic E-state index is 12.7. The zero-order valence-corrected chi connectivity index (χ0v) is 15.8. The summed E-state index contributed by atoms with van der Waals surface area (Å²) < 4.78 is 1.41. The molecule has 2 amide bonds. The molecule has 0 aliphatic heterocycles. The van der Waals surface area contributed by atoms with Gasteiger partial charge in [0.2, 0.25) is 5.91 Å². The Labute approximate surface area is 160 Å². The topological polar surface area (TPSA) is 71.4 Å². The molecule has 0 atom stereocenters. The lowest BCUT2D eigenvalue weighted by atomic mass is 10.1. The molecule has 7 heteroatoms. The first kappa shape index (κ1) is 18.6. The Morgan fingerprint density at radius 2 is 1.85 bits per heavy atom. The molecular weight excluding hydrogens is 362 g/mol. The van der Waals surface area contributed by atoms with Gasteiger partial charge in [0.15, 0.2) is 0 Å². The second kappa shape index (κ2) is 8.01. The number of nitrogens with zero attached hydrogens (tertiary/aromatic N) is 2. The maximum Gasteiger partial charge on any atom is 0.307 e. The molecule has 2 aromatic carbocycles. The van der Waals surface area contributed by atoms with E-state index < -0.39 is 0 Å². The van der Waals surface area contributed by atoms with Crippen molar-refractivity contribution in [3.63, 3.8) is 0 Å². The number of nitrogens with one attached hydrogen (secondary N) is 1. The van der Waals surface area contributed by atoms with Crippen molar-refractivity contribution in [1.29, 1.82) is 0 Å². The highest BCUT2D eigenvalue weighted by atomic mass is 32.1. The minimum atomic E-state index is -0.320. The molecule has 0 unspecified atom stereocenters. The molecule has 138 valence electrons. The Morgan fingerprint density at radius 1 is 1.11 bits per heavy atom. The number of carbonyl (C=O) groups excluding carboxylic acids is 2. The fourth-order valence-electron chi connectivity index (χ4n) is 2.63. The van der Waals surface area contributed by atoms with Gasteiger partial charge in [-0.25, -0.2) is 0 Å². The van der Waals surface area contributed by atoms with Gasteiger partial charge in [0.25, 0.3) is 5.91 Å². The first-order chi connectivity index (χ1) is 13.0. The van der Waals surface area contributed by atoms with Gasteiger partial charge in [-0.2, -0.15) is 0 Å². The summed E-state index contributed by atoms with van der Waals surface area (Å²) in [5.74, 6) is -0.498. The first-order valence-corrected chi connectivity index (χ1v) is 9.21. The zero-order valence-electron chi connectivity index (χ0n) is 15.0. The fraction of sp³-hybridized carbons (Fsp3) is 0.150. The highest BCUT2D eigenvalue weighted by Crippen LogP contribution is 2.17. The van der Waals surface area contributed by atoms with Crippen LogP contribution in [0.15, 0.2) is 64.8 Å². The smallest absolute Gasteiger partial charge is 0.307 e. The highest BCUT2D eigenvalue weighted by molar-refractivity contribution is 7.07. The first-order valence-electron chi connectivity index (χ1n) is 8.33. The van der Waals surface area contributed by atoms with Gasteiger partial charge >= 0.3 is 4.87 Å². The van der Waals surface area contributed by atoms with Crippen LogP contribution < -0.4 is 15.1 Å². The molecule has 1 N–H and O–H groups in total. The van der Waals surface area contributed by atoms with Crippen LogP contribution >= 0.6 is 11.3 Å². The lowest BCUT2D eigenvalue weighted by molar-refractivity contribution is -0.116. The summed E-state index contributed by atoms with van der Waals surface area (Å²) in [6.07, 6.45) is 0. The van der Waals surface area contributed by atoms with Gasteiger partial charge in [-0.3, -0.25) is 19.0 Å². The molecule has 0 spiro atoms. The number of carbonyl (C=O) groups is 2. The standard InChI is InChI=1S/C20H19N3O3S/c1-14-13-27-20(26)23(14)12-18(24)21-16-8-6-7-15(11-16)19(25)22(2)17-9-4-3-5-10-17/h3-11,13H,12H2,1-2H3,(H,21,24). The molecule has 0 fully saturated rings. The van der Waals surface area contributed by atoms with Crippen LogP contribution in [-0.2, 0) is 11.3 Å². The van der Waals surface area contributed by atoms with Crippen molar-refractivity contribution in [2.75, 3.05) is 17.3 Å². The van der Waals surface area contributed by atoms with Crippen molar-refractivity contribution in [2.45, 2.75) is 13.5 Å². The lowest BCUT2D eigenvalue weighted by Gasteiger charge is -2.17. The highest BCUT2D eigenvalue weighted by Gasteiger charge is 2.14. The van der Waals surface area contributed by atoms with Gasteiger partial charge in [-0.15, -0.1) is 0 Å². The van der Waals surface area contributed by atoms with E-state index in [1.54, 1.807) is 48.5 Å². The molecule has 3 aromatic rings. The molecule has 0 saturated heterocycles. The Bertz CT molecular complexity index is 1020. The number of thiazole rings is 1. The zero-order chi connectivity index (χ0) is 19.4. The molecule has 0 radical (unpaired) electrons. The van der Waals surface area contributed by atoms with Crippen LogP contribution in [0.3, 0.4) is 0 Å². The number of aromatic nitrogens is 1. The van der Waals surface area contributed by atoms with E-state index in [4.69, 9.17) is 0 Å². The maximum atomic E-state index is 12.7. The van der Waals surface area contributed by atoms with Crippen LogP contribution in [0.25, 0.3) is 0 Å². The van der Waals surface area contributed by atoms with Crippen LogP contribution in [-0.4, -0.2) is 23.4 Å². The van der Waals surface area contributed by atoms with E-state index >= 15 is 0 Å². The van der Waals surface area contributed by atoms with Crippen molar-refractivity contribution in [1.82, 2.24) is 4.57 Å². The van der Waals surface area contributed by atoms with Crippen molar-refractivity contribution < 1.29 is 9.59 Å². The average Bonchev–Trinajstić information content (AvgIpc) is 2.99. The third kappa shape index (κ3) is 4.32.